The van der Waals surface area contributed by atoms with Gasteiger partial charge in [-0.1, -0.05) is 80.3 Å². The van der Waals surface area contributed by atoms with Crippen LogP contribution in [0.1, 0.15) is 5.56 Å². The maximum absolute atomic E-state index is 4.88. The molecule has 0 bridgehead atoms. The Bertz CT molecular complexity index is 1070. The summed E-state index contributed by atoms with van der Waals surface area (Å²) in [6.07, 6.45) is 2.11. The van der Waals surface area contributed by atoms with E-state index in [0.717, 1.165) is 11.3 Å². The summed E-state index contributed by atoms with van der Waals surface area (Å²) < 4.78 is 0. The van der Waals surface area contributed by atoms with Gasteiger partial charge >= 0.3 is 0 Å². The molecular weight excluding hydrogens is 366 g/mol. The molecule has 144 valence electrons. The van der Waals surface area contributed by atoms with Crippen LogP contribution in [0.25, 0.3) is 33.5 Å². The number of rotatable bonds is 4. The summed E-state index contributed by atoms with van der Waals surface area (Å²) in [5.41, 5.74) is 8.44. The first kappa shape index (κ1) is 19.3. The van der Waals surface area contributed by atoms with Gasteiger partial charge in [0.05, 0.1) is 13.8 Å². The van der Waals surface area contributed by atoms with Crippen LogP contribution < -0.4 is 5.19 Å². The number of benzene rings is 3. The summed E-state index contributed by atoms with van der Waals surface area (Å²) in [5.74, 6) is 0. The third kappa shape index (κ3) is 4.23. The second-order valence-corrected chi connectivity index (χ2v) is 13.7. The number of hydrogen-bond donors (Lipinski definition) is 0. The molecule has 0 unspecified atom stereocenters. The normalized spacial score (nSPS) is 11.4. The molecule has 0 aliphatic rings. The Balaban J connectivity index is 1.88. The zero-order chi connectivity index (χ0) is 20.4. The number of nitrogens with zero attached hydrogens (tertiary/aromatic N) is 1. The fourth-order valence-corrected chi connectivity index (χ4v) is 5.58. The first-order valence-corrected chi connectivity index (χ1v) is 13.7. The van der Waals surface area contributed by atoms with Gasteiger partial charge in [-0.2, -0.15) is 0 Å². The van der Waals surface area contributed by atoms with Gasteiger partial charge < -0.3 is 0 Å². The first-order valence-electron chi connectivity index (χ1n) is 10.2. The summed E-state index contributed by atoms with van der Waals surface area (Å²) in [7, 11) is -1.39. The molecule has 0 N–H and O–H groups in total. The molecule has 0 aliphatic carbocycles. The fraction of sp³-hybridized carbons (Fsp3) is 0.148. The van der Waals surface area contributed by atoms with E-state index in [-0.39, 0.29) is 0 Å². The summed E-state index contributed by atoms with van der Waals surface area (Å²) in [5, 5.41) is 1.43. The number of aromatic nitrogens is 1. The minimum atomic E-state index is -1.39. The molecule has 4 aromatic rings. The average molecular weight is 394 g/mol. The van der Waals surface area contributed by atoms with Gasteiger partial charge in [0.15, 0.2) is 0 Å². The summed E-state index contributed by atoms with van der Waals surface area (Å²) in [6.45, 7) is 9.35. The van der Waals surface area contributed by atoms with Gasteiger partial charge in [-0.3, -0.25) is 4.98 Å². The van der Waals surface area contributed by atoms with Gasteiger partial charge in [-0.05, 0) is 64.2 Å². The highest BCUT2D eigenvalue weighted by molar-refractivity contribution is 6.89. The average Bonchev–Trinajstić information content (AvgIpc) is 2.74. The molecule has 0 saturated carbocycles. The van der Waals surface area contributed by atoms with Gasteiger partial charge in [0.2, 0.25) is 0 Å². The molecule has 0 spiro atoms. The van der Waals surface area contributed by atoms with Gasteiger partial charge in [0, 0.05) is 11.8 Å². The van der Waals surface area contributed by atoms with Gasteiger partial charge in [-0.15, -0.1) is 0 Å². The molecular formula is C27H27NSi. The van der Waals surface area contributed by atoms with Crippen LogP contribution in [0, 0.1) is 6.92 Å². The highest BCUT2D eigenvalue weighted by Gasteiger charge is 2.19. The monoisotopic (exact) mass is 393 g/mol. The molecule has 0 radical (unpaired) electrons. The van der Waals surface area contributed by atoms with Crippen molar-refractivity contribution in [3.63, 3.8) is 0 Å². The quantitative estimate of drug-likeness (QED) is 0.342. The predicted octanol–water partition coefficient (Wildman–Crippen LogP) is 6.94. The third-order valence-corrected chi connectivity index (χ3v) is 7.50. The molecule has 0 aliphatic heterocycles. The lowest BCUT2D eigenvalue weighted by Crippen LogP contribution is -2.39. The fourth-order valence-electron chi connectivity index (χ4n) is 3.87. The van der Waals surface area contributed by atoms with Crippen molar-refractivity contribution in [3.05, 3.63) is 96.7 Å². The van der Waals surface area contributed by atoms with Crippen molar-refractivity contribution in [1.29, 1.82) is 0 Å². The van der Waals surface area contributed by atoms with Crippen molar-refractivity contribution in [2.24, 2.45) is 0 Å². The van der Waals surface area contributed by atoms with E-state index in [0.29, 0.717) is 0 Å². The van der Waals surface area contributed by atoms with Crippen molar-refractivity contribution in [2.45, 2.75) is 26.6 Å². The van der Waals surface area contributed by atoms with E-state index in [4.69, 9.17) is 4.98 Å². The third-order valence-electron chi connectivity index (χ3n) is 5.36. The lowest BCUT2D eigenvalue weighted by molar-refractivity contribution is 1.30. The number of pyridine rings is 1. The van der Waals surface area contributed by atoms with Crippen LogP contribution in [0.5, 0.6) is 0 Å². The van der Waals surface area contributed by atoms with E-state index in [2.05, 4.69) is 118 Å². The van der Waals surface area contributed by atoms with Crippen LogP contribution >= 0.6 is 0 Å². The highest BCUT2D eigenvalue weighted by atomic mass is 28.3. The van der Waals surface area contributed by atoms with Crippen LogP contribution in [0.15, 0.2) is 91.1 Å². The van der Waals surface area contributed by atoms with Crippen molar-refractivity contribution < 1.29 is 0 Å². The standard InChI is InChI=1S/C27H27NSi/c1-20-15-26(28-19-27(20)29(2,3)4)25-17-23(21-11-7-5-8-12-21)16-24(18-25)22-13-9-6-10-14-22/h5-19H,1-4H3. The van der Waals surface area contributed by atoms with Crippen LogP contribution in [-0.4, -0.2) is 13.1 Å². The van der Waals surface area contributed by atoms with E-state index >= 15 is 0 Å². The van der Waals surface area contributed by atoms with Gasteiger partial charge in [0.25, 0.3) is 0 Å². The first-order chi connectivity index (χ1) is 13.9. The predicted molar refractivity (Wildman–Crippen MR) is 128 cm³/mol. The minimum Gasteiger partial charge on any atom is -0.256 e. The zero-order valence-electron chi connectivity index (χ0n) is 17.6. The highest BCUT2D eigenvalue weighted by Crippen LogP contribution is 2.32. The summed E-state index contributed by atoms with van der Waals surface area (Å²) in [6, 6.07) is 30.2. The van der Waals surface area contributed by atoms with Gasteiger partial charge in [-0.25, -0.2) is 0 Å². The van der Waals surface area contributed by atoms with Crippen molar-refractivity contribution in [1.82, 2.24) is 4.98 Å². The minimum absolute atomic E-state index is 1.04. The van der Waals surface area contributed by atoms with E-state index in [9.17, 15) is 0 Å². The maximum Gasteiger partial charge on any atom is 0.0799 e. The summed E-state index contributed by atoms with van der Waals surface area (Å²) in [4.78, 5) is 4.88. The Morgan fingerprint density at radius 3 is 1.52 bits per heavy atom. The van der Waals surface area contributed by atoms with E-state index < -0.39 is 8.07 Å². The largest absolute Gasteiger partial charge is 0.256 e. The second kappa shape index (κ2) is 7.80. The van der Waals surface area contributed by atoms with Crippen LogP contribution in [-0.2, 0) is 0 Å². The Labute approximate surface area is 175 Å². The Morgan fingerprint density at radius 1 is 0.586 bits per heavy atom. The van der Waals surface area contributed by atoms with Crippen LogP contribution in [0.4, 0.5) is 0 Å². The van der Waals surface area contributed by atoms with Crippen LogP contribution in [0.3, 0.4) is 0 Å². The SMILES string of the molecule is Cc1cc(-c2cc(-c3ccccc3)cc(-c3ccccc3)c2)ncc1[Si](C)(C)C. The molecule has 1 aromatic heterocycles. The Kier molecular flexibility index (Phi) is 5.21. The van der Waals surface area contributed by atoms with Crippen molar-refractivity contribution in [2.75, 3.05) is 0 Å². The summed E-state index contributed by atoms with van der Waals surface area (Å²) >= 11 is 0. The van der Waals surface area contributed by atoms with Crippen molar-refractivity contribution >= 4 is 13.3 Å². The molecule has 1 heterocycles. The molecule has 3 aromatic carbocycles. The van der Waals surface area contributed by atoms with E-state index in [1.165, 1.54) is 33.0 Å². The smallest absolute Gasteiger partial charge is 0.0799 e. The number of hydrogen-bond acceptors (Lipinski definition) is 1. The van der Waals surface area contributed by atoms with Crippen LogP contribution in [0.2, 0.25) is 19.6 Å². The van der Waals surface area contributed by atoms with Crippen molar-refractivity contribution in [3.8, 4) is 33.5 Å². The zero-order valence-corrected chi connectivity index (χ0v) is 18.6. The molecule has 1 nitrogen and oxygen atoms in total. The molecule has 0 atom stereocenters. The molecule has 4 rings (SSSR count). The Hall–Kier alpha value is -2.97. The lowest BCUT2D eigenvalue weighted by Gasteiger charge is -2.19. The molecule has 0 amide bonds. The van der Waals surface area contributed by atoms with E-state index in [1.807, 2.05) is 0 Å². The number of aryl methyl sites for hydroxylation is 1. The van der Waals surface area contributed by atoms with Gasteiger partial charge in [0.1, 0.15) is 0 Å². The molecule has 0 saturated heterocycles. The Morgan fingerprint density at radius 2 is 1.07 bits per heavy atom. The molecule has 29 heavy (non-hydrogen) atoms. The topological polar surface area (TPSA) is 12.9 Å². The lowest BCUT2D eigenvalue weighted by atomic mass is 9.94. The van der Waals surface area contributed by atoms with E-state index in [1.54, 1.807) is 0 Å². The second-order valence-electron chi connectivity index (χ2n) is 8.67. The molecule has 2 heteroatoms. The maximum atomic E-state index is 4.88. The molecule has 0 fully saturated rings.